The van der Waals surface area contributed by atoms with Crippen LogP contribution < -0.4 is 11.1 Å². The Kier molecular flexibility index (Phi) is 3.81. The number of nitrogens with one attached hydrogen (secondary N) is 2. The summed E-state index contributed by atoms with van der Waals surface area (Å²) in [5.74, 6) is 0.200. The number of anilines is 2. The van der Waals surface area contributed by atoms with Gasteiger partial charge in [0.1, 0.15) is 5.82 Å². The quantitative estimate of drug-likeness (QED) is 0.529. The number of benzene rings is 1. The van der Waals surface area contributed by atoms with Gasteiger partial charge in [-0.25, -0.2) is 4.98 Å². The van der Waals surface area contributed by atoms with Gasteiger partial charge in [0.05, 0.1) is 11.2 Å². The molecule has 0 atom stereocenters. The zero-order valence-electron chi connectivity index (χ0n) is 14.0. The van der Waals surface area contributed by atoms with Crippen molar-refractivity contribution in [1.29, 1.82) is 0 Å². The molecule has 0 aliphatic heterocycles. The number of carbonyl (C=O) groups excluding carboxylic acids is 1. The minimum absolute atomic E-state index is 0.309. The average Bonchev–Trinajstić information content (AvgIpc) is 3.07. The van der Waals surface area contributed by atoms with Crippen molar-refractivity contribution in [3.05, 3.63) is 66.2 Å². The maximum Gasteiger partial charge on any atom is 0.277 e. The zero-order chi connectivity index (χ0) is 18.1. The lowest BCUT2D eigenvalue weighted by molar-refractivity contribution is 0.102. The molecule has 0 fully saturated rings. The second-order valence-electron chi connectivity index (χ2n) is 5.96. The highest BCUT2D eigenvalue weighted by Crippen LogP contribution is 2.26. The van der Waals surface area contributed by atoms with E-state index in [1.54, 1.807) is 18.6 Å². The second-order valence-corrected chi connectivity index (χ2v) is 5.96. The average molecular weight is 344 g/mol. The molecule has 3 heterocycles. The van der Waals surface area contributed by atoms with Gasteiger partial charge in [-0.3, -0.25) is 14.9 Å². The normalized spacial score (nSPS) is 10.8. The molecule has 4 rings (SSSR count). The van der Waals surface area contributed by atoms with Crippen LogP contribution in [0.3, 0.4) is 0 Å². The number of amides is 1. The summed E-state index contributed by atoms with van der Waals surface area (Å²) < 4.78 is 0. The van der Waals surface area contributed by atoms with Gasteiger partial charge in [-0.1, -0.05) is 12.1 Å². The minimum Gasteiger partial charge on any atom is -0.397 e. The summed E-state index contributed by atoms with van der Waals surface area (Å²) in [6.45, 7) is 1.89. The Morgan fingerprint density at radius 3 is 2.85 bits per heavy atom. The van der Waals surface area contributed by atoms with E-state index in [2.05, 4.69) is 25.5 Å². The Balaban J connectivity index is 1.73. The highest BCUT2D eigenvalue weighted by atomic mass is 16.2. The van der Waals surface area contributed by atoms with Crippen LogP contribution in [-0.4, -0.2) is 26.1 Å². The zero-order valence-corrected chi connectivity index (χ0v) is 14.0. The first-order chi connectivity index (χ1) is 12.6. The fourth-order valence-electron chi connectivity index (χ4n) is 2.77. The van der Waals surface area contributed by atoms with Gasteiger partial charge in [0.25, 0.3) is 5.91 Å². The van der Waals surface area contributed by atoms with Crippen molar-refractivity contribution in [3.8, 4) is 11.1 Å². The number of hydrogen-bond acceptors (Lipinski definition) is 5. The molecular formula is C19H16N6O. The van der Waals surface area contributed by atoms with E-state index in [0.29, 0.717) is 17.2 Å². The van der Waals surface area contributed by atoms with Gasteiger partial charge in [0, 0.05) is 29.5 Å². The Hall–Kier alpha value is -3.74. The van der Waals surface area contributed by atoms with Crippen molar-refractivity contribution in [2.45, 2.75) is 6.92 Å². The van der Waals surface area contributed by atoms with Crippen LogP contribution in [0.5, 0.6) is 0 Å². The summed E-state index contributed by atoms with van der Waals surface area (Å²) in [5, 5.41) is 10.6. The van der Waals surface area contributed by atoms with E-state index in [9.17, 15) is 4.79 Å². The molecule has 128 valence electrons. The van der Waals surface area contributed by atoms with Crippen molar-refractivity contribution in [3.63, 3.8) is 0 Å². The number of nitrogens with zero attached hydrogens (tertiary/aromatic N) is 3. The smallest absolute Gasteiger partial charge is 0.277 e. The van der Waals surface area contributed by atoms with E-state index in [1.807, 2.05) is 43.3 Å². The maximum absolute atomic E-state index is 12.7. The number of aromatic amines is 1. The SMILES string of the molecule is Cc1cccnc1NC(=O)c1n[nH]c2ccc(-c3cncc(N)c3)cc12. The van der Waals surface area contributed by atoms with E-state index < -0.39 is 0 Å². The fraction of sp³-hybridized carbons (Fsp3) is 0.0526. The number of fused-ring (bicyclic) bond motifs is 1. The maximum atomic E-state index is 12.7. The van der Waals surface area contributed by atoms with Crippen molar-refractivity contribution < 1.29 is 4.79 Å². The molecule has 0 aliphatic carbocycles. The standard InChI is InChI=1S/C19H16N6O/c1-11-3-2-6-22-18(11)23-19(26)17-15-8-12(4-5-16(15)24-25-17)13-7-14(20)10-21-9-13/h2-10H,20H2,1H3,(H,24,25)(H,22,23,26). The number of pyridine rings is 2. The molecule has 0 radical (unpaired) electrons. The highest BCUT2D eigenvalue weighted by Gasteiger charge is 2.16. The largest absolute Gasteiger partial charge is 0.397 e. The van der Waals surface area contributed by atoms with E-state index in [0.717, 1.165) is 27.6 Å². The fourth-order valence-corrected chi connectivity index (χ4v) is 2.77. The van der Waals surface area contributed by atoms with E-state index in [-0.39, 0.29) is 5.91 Å². The highest BCUT2D eigenvalue weighted by molar-refractivity contribution is 6.11. The Morgan fingerprint density at radius 2 is 2.04 bits per heavy atom. The molecule has 0 unspecified atom stereocenters. The van der Waals surface area contributed by atoms with Crippen molar-refractivity contribution >= 4 is 28.3 Å². The third-order valence-corrected chi connectivity index (χ3v) is 4.11. The minimum atomic E-state index is -0.319. The van der Waals surface area contributed by atoms with Crippen LogP contribution >= 0.6 is 0 Å². The molecule has 7 heteroatoms. The number of aryl methyl sites for hydroxylation is 1. The van der Waals surface area contributed by atoms with Crippen LogP contribution in [-0.2, 0) is 0 Å². The van der Waals surface area contributed by atoms with Crippen molar-refractivity contribution in [1.82, 2.24) is 20.2 Å². The molecule has 3 aromatic heterocycles. The predicted octanol–water partition coefficient (Wildman–Crippen LogP) is 3.16. The van der Waals surface area contributed by atoms with Gasteiger partial charge in [-0.05, 0) is 42.3 Å². The lowest BCUT2D eigenvalue weighted by Crippen LogP contribution is -2.14. The summed E-state index contributed by atoms with van der Waals surface area (Å²) in [7, 11) is 0. The van der Waals surface area contributed by atoms with E-state index in [1.165, 1.54) is 0 Å². The van der Waals surface area contributed by atoms with Crippen LogP contribution in [0.4, 0.5) is 11.5 Å². The number of aromatic nitrogens is 4. The molecule has 1 amide bonds. The molecule has 4 N–H and O–H groups in total. The van der Waals surface area contributed by atoms with Gasteiger partial charge < -0.3 is 11.1 Å². The Bertz CT molecular complexity index is 1120. The first kappa shape index (κ1) is 15.8. The lowest BCUT2D eigenvalue weighted by atomic mass is 10.0. The number of rotatable bonds is 3. The summed E-state index contributed by atoms with van der Waals surface area (Å²) in [6, 6.07) is 11.3. The first-order valence-corrected chi connectivity index (χ1v) is 8.04. The lowest BCUT2D eigenvalue weighted by Gasteiger charge is -2.06. The number of nitrogen functional groups attached to an aromatic ring is 1. The van der Waals surface area contributed by atoms with Crippen molar-refractivity contribution in [2.75, 3.05) is 11.1 Å². The molecule has 0 saturated carbocycles. The van der Waals surface area contributed by atoms with E-state index >= 15 is 0 Å². The number of nitrogens with two attached hydrogens (primary N) is 1. The van der Waals surface area contributed by atoms with Gasteiger partial charge >= 0.3 is 0 Å². The third-order valence-electron chi connectivity index (χ3n) is 4.11. The molecule has 1 aromatic carbocycles. The van der Waals surface area contributed by atoms with Gasteiger partial charge in [0.15, 0.2) is 5.69 Å². The van der Waals surface area contributed by atoms with Crippen LogP contribution in [0.2, 0.25) is 0 Å². The Labute approximate surface area is 149 Å². The van der Waals surface area contributed by atoms with Crippen LogP contribution in [0.1, 0.15) is 16.1 Å². The van der Waals surface area contributed by atoms with Crippen LogP contribution in [0.15, 0.2) is 55.0 Å². The molecule has 26 heavy (non-hydrogen) atoms. The summed E-state index contributed by atoms with van der Waals surface area (Å²) >= 11 is 0. The summed E-state index contributed by atoms with van der Waals surface area (Å²) in [4.78, 5) is 21.0. The molecule has 0 bridgehead atoms. The number of hydrogen-bond donors (Lipinski definition) is 3. The molecular weight excluding hydrogens is 328 g/mol. The Morgan fingerprint density at radius 1 is 1.15 bits per heavy atom. The van der Waals surface area contributed by atoms with Crippen LogP contribution in [0.25, 0.3) is 22.0 Å². The number of carbonyl (C=O) groups is 1. The topological polar surface area (TPSA) is 110 Å². The van der Waals surface area contributed by atoms with Gasteiger partial charge in [-0.2, -0.15) is 5.10 Å². The molecule has 0 spiro atoms. The monoisotopic (exact) mass is 344 g/mol. The summed E-state index contributed by atoms with van der Waals surface area (Å²) in [5.41, 5.74) is 10.1. The second kappa shape index (κ2) is 6.29. The van der Waals surface area contributed by atoms with Gasteiger partial charge in [-0.15, -0.1) is 0 Å². The molecule has 7 nitrogen and oxygen atoms in total. The third kappa shape index (κ3) is 2.86. The first-order valence-electron chi connectivity index (χ1n) is 8.04. The summed E-state index contributed by atoms with van der Waals surface area (Å²) in [6.07, 6.45) is 4.96. The molecule has 0 aliphatic rings. The van der Waals surface area contributed by atoms with E-state index in [4.69, 9.17) is 5.73 Å². The molecule has 0 saturated heterocycles. The number of H-pyrrole nitrogens is 1. The van der Waals surface area contributed by atoms with Crippen molar-refractivity contribution in [2.24, 2.45) is 0 Å². The predicted molar refractivity (Wildman–Crippen MR) is 101 cm³/mol. The molecule has 4 aromatic rings. The van der Waals surface area contributed by atoms with Crippen LogP contribution in [0, 0.1) is 6.92 Å². The van der Waals surface area contributed by atoms with Gasteiger partial charge in [0.2, 0.25) is 0 Å².